The number of nitrogens with one attached hydrogen (secondary N) is 2. The predicted molar refractivity (Wildman–Crippen MR) is 70.1 cm³/mol. The van der Waals surface area contributed by atoms with Gasteiger partial charge < -0.3 is 27.0 Å². The van der Waals surface area contributed by atoms with Gasteiger partial charge in [0.1, 0.15) is 11.7 Å². The number of hydrogen-bond acceptors (Lipinski definition) is 8. The molecule has 8 N–H and O–H groups in total. The second-order valence-electron chi connectivity index (χ2n) is 2.70. The number of nitrogens with zero attached hydrogens (tertiary/aromatic N) is 2. The van der Waals surface area contributed by atoms with Crippen LogP contribution in [0.15, 0.2) is 0 Å². The molecule has 0 unspecified atom stereocenters. The number of nitrogens with two attached hydrogens (primary N) is 3. The van der Waals surface area contributed by atoms with Gasteiger partial charge in [0.15, 0.2) is 0 Å². The fraction of sp³-hybridized carbons (Fsp3) is 0.556. The van der Waals surface area contributed by atoms with Crippen LogP contribution in [0.25, 0.3) is 0 Å². The van der Waals surface area contributed by atoms with Crippen molar-refractivity contribution in [2.24, 2.45) is 11.5 Å². The van der Waals surface area contributed by atoms with Crippen molar-refractivity contribution in [1.29, 1.82) is 5.41 Å². The molecule has 1 aromatic heterocycles. The number of ether oxygens (including phenoxy) is 1. The SMILES string of the molecule is COC(C)=O.C[O-].Cc1nc(N)n[nH]1.N=C(N)CN.[Na+]. The number of carbonyl (C=O) groups is 1. The molecule has 10 nitrogen and oxygen atoms in total. The molecule has 0 spiro atoms. The largest absolute Gasteiger partial charge is 1.00 e. The summed E-state index contributed by atoms with van der Waals surface area (Å²) in [7, 11) is 2.10. The molecular formula is C9H22N7NaO3. The van der Waals surface area contributed by atoms with Gasteiger partial charge in [-0.3, -0.25) is 15.3 Å². The Balaban J connectivity index is -0.0000000902. The van der Waals surface area contributed by atoms with E-state index in [-0.39, 0.29) is 47.9 Å². The van der Waals surface area contributed by atoms with Crippen LogP contribution in [0.5, 0.6) is 0 Å². The van der Waals surface area contributed by atoms with Crippen molar-refractivity contribution in [1.82, 2.24) is 15.2 Å². The summed E-state index contributed by atoms with van der Waals surface area (Å²) in [6.45, 7) is 3.32. The number of aryl methyl sites for hydroxylation is 1. The van der Waals surface area contributed by atoms with Gasteiger partial charge in [-0.15, -0.1) is 5.10 Å². The van der Waals surface area contributed by atoms with Crippen LogP contribution in [0.3, 0.4) is 0 Å². The van der Waals surface area contributed by atoms with Crippen LogP contribution in [-0.2, 0) is 9.53 Å². The Morgan fingerprint density at radius 1 is 1.50 bits per heavy atom. The molecular weight excluding hydrogens is 277 g/mol. The minimum atomic E-state index is -0.245. The zero-order valence-electron chi connectivity index (χ0n) is 12.6. The van der Waals surface area contributed by atoms with E-state index in [0.717, 1.165) is 12.9 Å². The summed E-state index contributed by atoms with van der Waals surface area (Å²) in [6, 6.07) is 0. The predicted octanol–water partition coefficient (Wildman–Crippen LogP) is -5.26. The molecule has 0 aliphatic rings. The smallest absolute Gasteiger partial charge is 0.857 e. The second-order valence-corrected chi connectivity index (χ2v) is 2.70. The maximum absolute atomic E-state index is 9.59. The zero-order valence-corrected chi connectivity index (χ0v) is 14.6. The van der Waals surface area contributed by atoms with Crippen LogP contribution in [0.2, 0.25) is 0 Å². The van der Waals surface area contributed by atoms with Crippen molar-refractivity contribution < 1.29 is 44.2 Å². The maximum atomic E-state index is 9.59. The second kappa shape index (κ2) is 20.1. The molecule has 1 rings (SSSR count). The van der Waals surface area contributed by atoms with Crippen molar-refractivity contribution in [2.75, 3.05) is 26.5 Å². The number of H-pyrrole nitrogens is 1. The van der Waals surface area contributed by atoms with E-state index in [2.05, 4.69) is 19.9 Å². The number of rotatable bonds is 1. The van der Waals surface area contributed by atoms with Crippen molar-refractivity contribution >= 4 is 17.8 Å². The van der Waals surface area contributed by atoms with Crippen LogP contribution in [0.4, 0.5) is 5.95 Å². The molecule has 20 heavy (non-hydrogen) atoms. The van der Waals surface area contributed by atoms with E-state index in [1.54, 1.807) is 6.92 Å². The molecule has 0 aliphatic heterocycles. The number of carbonyl (C=O) groups excluding carboxylic acids is 1. The summed E-state index contributed by atoms with van der Waals surface area (Å²) < 4.78 is 4.11. The number of methoxy groups -OCH3 is 1. The monoisotopic (exact) mass is 299 g/mol. The molecule has 0 amide bonds. The van der Waals surface area contributed by atoms with E-state index in [9.17, 15) is 4.79 Å². The quantitative estimate of drug-likeness (QED) is 0.147. The number of esters is 1. The van der Waals surface area contributed by atoms with Crippen LogP contribution in [-0.4, -0.2) is 47.8 Å². The molecule has 11 heteroatoms. The normalized spacial score (nSPS) is 7.10. The topological polar surface area (TPSA) is 193 Å². The van der Waals surface area contributed by atoms with Gasteiger partial charge in [-0.25, -0.2) is 0 Å². The Hall–Kier alpha value is -1.20. The van der Waals surface area contributed by atoms with Gasteiger partial charge in [0.25, 0.3) is 0 Å². The van der Waals surface area contributed by atoms with Crippen molar-refractivity contribution in [3.05, 3.63) is 5.82 Å². The van der Waals surface area contributed by atoms with Gasteiger partial charge in [0, 0.05) is 6.92 Å². The van der Waals surface area contributed by atoms with Gasteiger partial charge >= 0.3 is 35.5 Å². The van der Waals surface area contributed by atoms with Gasteiger partial charge in [-0.1, -0.05) is 0 Å². The summed E-state index contributed by atoms with van der Waals surface area (Å²) in [5.41, 5.74) is 14.7. The molecule has 0 aliphatic carbocycles. The Morgan fingerprint density at radius 3 is 1.90 bits per heavy atom. The standard InChI is InChI=1S/C3H6N4.C3H6O2.C2H7N3.CH3O.Na/c1-2-5-3(4)7-6-2;1-3(4)5-2;3-1-2(4)5;1-2;/h1H3,(H3,4,5,6,7);1-2H3;1,3H2,(H3,4,5);1H3;/q;;;-1;+1. The fourth-order valence-electron chi connectivity index (χ4n) is 0.360. The molecule has 1 heterocycles. The summed E-state index contributed by atoms with van der Waals surface area (Å²) in [6.07, 6.45) is 0. The third kappa shape index (κ3) is 30.1. The van der Waals surface area contributed by atoms with E-state index >= 15 is 0 Å². The average Bonchev–Trinajstić information content (AvgIpc) is 2.77. The first-order chi connectivity index (χ1) is 8.83. The number of nitrogen functional groups attached to an aromatic ring is 1. The first kappa shape index (κ1) is 27.2. The third-order valence-electron chi connectivity index (χ3n) is 1.12. The Morgan fingerprint density at radius 2 is 1.85 bits per heavy atom. The number of hydrogen-bond donors (Lipinski definition) is 5. The minimum Gasteiger partial charge on any atom is -0.857 e. The Bertz CT molecular complexity index is 316. The molecule has 0 bridgehead atoms. The number of aromatic amines is 1. The number of anilines is 1. The van der Waals surface area contributed by atoms with Gasteiger partial charge in [0.2, 0.25) is 5.95 Å². The van der Waals surface area contributed by atoms with Gasteiger partial charge in [0.05, 0.1) is 13.7 Å². The average molecular weight is 299 g/mol. The van der Waals surface area contributed by atoms with Crippen LogP contribution < -0.4 is 51.9 Å². The molecule has 0 atom stereocenters. The van der Waals surface area contributed by atoms with E-state index < -0.39 is 0 Å². The molecule has 0 fully saturated rings. The van der Waals surface area contributed by atoms with Crippen molar-refractivity contribution in [2.45, 2.75) is 13.8 Å². The van der Waals surface area contributed by atoms with Crippen LogP contribution in [0.1, 0.15) is 12.7 Å². The third-order valence-corrected chi connectivity index (χ3v) is 1.12. The van der Waals surface area contributed by atoms with Crippen molar-refractivity contribution in [3.8, 4) is 0 Å². The fourth-order valence-corrected chi connectivity index (χ4v) is 0.360. The summed E-state index contributed by atoms with van der Waals surface area (Å²) in [5, 5.41) is 20.8. The molecule has 0 aromatic carbocycles. The number of amidine groups is 1. The summed E-state index contributed by atoms with van der Waals surface area (Å²) in [4.78, 5) is 13.3. The van der Waals surface area contributed by atoms with Gasteiger partial charge in [-0.2, -0.15) is 12.1 Å². The maximum Gasteiger partial charge on any atom is 1.00 e. The minimum absolute atomic E-state index is 0. The molecule has 1 aromatic rings. The van der Waals surface area contributed by atoms with Crippen LogP contribution in [0, 0.1) is 12.3 Å². The summed E-state index contributed by atoms with van der Waals surface area (Å²) >= 11 is 0. The molecule has 0 saturated carbocycles. The molecule has 112 valence electrons. The van der Waals surface area contributed by atoms with Crippen molar-refractivity contribution in [3.63, 3.8) is 0 Å². The first-order valence-corrected chi connectivity index (χ1v) is 4.96. The Kier molecular flexibility index (Phi) is 27.4. The van der Waals surface area contributed by atoms with E-state index in [1.165, 1.54) is 14.0 Å². The van der Waals surface area contributed by atoms with Gasteiger partial charge in [-0.05, 0) is 6.92 Å². The Labute approximate surface area is 140 Å². The summed E-state index contributed by atoms with van der Waals surface area (Å²) in [5.74, 6) is 0.838. The molecule has 0 radical (unpaired) electrons. The first-order valence-electron chi connectivity index (χ1n) is 4.96. The van der Waals surface area contributed by atoms with E-state index in [1.807, 2.05) is 0 Å². The van der Waals surface area contributed by atoms with Crippen LogP contribution >= 0.6 is 0 Å². The molecule has 0 saturated heterocycles. The zero-order chi connectivity index (χ0) is 15.8. The number of aromatic nitrogens is 3. The van der Waals surface area contributed by atoms with E-state index in [4.69, 9.17) is 27.7 Å². The van der Waals surface area contributed by atoms with E-state index in [0.29, 0.717) is 5.95 Å².